The van der Waals surface area contributed by atoms with E-state index in [1.807, 2.05) is 48.7 Å². The molecule has 2 aliphatic carbocycles. The summed E-state index contributed by atoms with van der Waals surface area (Å²) in [5.74, 6) is 0.602. The Morgan fingerprint density at radius 1 is 1.06 bits per heavy atom. The minimum absolute atomic E-state index is 0.0374. The van der Waals surface area contributed by atoms with Crippen LogP contribution in [-0.2, 0) is 31.6 Å². The smallest absolute Gasteiger partial charge is 0.222 e. The highest BCUT2D eigenvalue weighted by atomic mass is 35.5. The predicted molar refractivity (Wildman–Crippen MR) is 198 cm³/mol. The van der Waals surface area contributed by atoms with Gasteiger partial charge >= 0.3 is 0 Å². The number of para-hydroxylation sites is 1. The summed E-state index contributed by atoms with van der Waals surface area (Å²) in [5.41, 5.74) is 3.39. The molecule has 5 N–H and O–H groups in total. The van der Waals surface area contributed by atoms with Crippen LogP contribution in [0, 0.1) is 0 Å². The number of aliphatic hydroxyl groups is 5. The molecule has 284 valence electrons. The van der Waals surface area contributed by atoms with E-state index in [-0.39, 0.29) is 31.4 Å². The fraction of sp³-hybridized carbons (Fsp3) is 0.514. The quantitative estimate of drug-likeness (QED) is 0.0786. The largest absolute Gasteiger partial charge is 0.490 e. The molecule has 0 aliphatic heterocycles. The number of pyridine rings is 1. The second kappa shape index (κ2) is 18.0. The second-order valence-corrected chi connectivity index (χ2v) is 17.3. The highest BCUT2D eigenvalue weighted by Gasteiger charge is 2.48. The maximum absolute atomic E-state index is 13.1. The molecule has 1 amide bonds. The van der Waals surface area contributed by atoms with Crippen LogP contribution in [0.25, 0.3) is 11.1 Å². The van der Waals surface area contributed by atoms with Crippen molar-refractivity contribution in [2.24, 2.45) is 0 Å². The molecule has 2 saturated carbocycles. The number of hydrogen-bond acceptors (Lipinski definition) is 12. The molecule has 2 aliphatic rings. The second-order valence-electron chi connectivity index (χ2n) is 13.5. The molecule has 4 atom stereocenters. The van der Waals surface area contributed by atoms with E-state index in [1.165, 1.54) is 11.8 Å². The molecule has 0 bridgehead atoms. The number of amides is 1. The van der Waals surface area contributed by atoms with Crippen molar-refractivity contribution in [3.05, 3.63) is 77.1 Å². The fourth-order valence-corrected chi connectivity index (χ4v) is 7.42. The molecular formula is C37H47ClN2O10S2. The van der Waals surface area contributed by atoms with E-state index in [1.54, 1.807) is 6.20 Å². The molecule has 0 saturated heterocycles. The van der Waals surface area contributed by atoms with Gasteiger partial charge in [0.05, 0.1) is 30.7 Å². The number of hydrogen-bond donors (Lipinski definition) is 5. The Hall–Kier alpha value is -2.79. The van der Waals surface area contributed by atoms with Gasteiger partial charge in [-0.1, -0.05) is 29.8 Å². The molecule has 1 heterocycles. The highest BCUT2D eigenvalue weighted by Crippen LogP contribution is 2.53. The van der Waals surface area contributed by atoms with Crippen LogP contribution in [0.4, 0.5) is 0 Å². The van der Waals surface area contributed by atoms with E-state index >= 15 is 0 Å². The maximum atomic E-state index is 13.1. The summed E-state index contributed by atoms with van der Waals surface area (Å²) in [6.45, 7) is -1.26. The molecule has 12 nitrogen and oxygen atoms in total. The van der Waals surface area contributed by atoms with Crippen molar-refractivity contribution < 1.29 is 48.2 Å². The van der Waals surface area contributed by atoms with E-state index in [9.17, 15) is 33.6 Å². The number of thioether (sulfide) groups is 1. The number of carbonyl (C=O) groups is 1. The Kier molecular flexibility index (Phi) is 14.0. The summed E-state index contributed by atoms with van der Waals surface area (Å²) in [7, 11) is -3.45. The van der Waals surface area contributed by atoms with Gasteiger partial charge in [0.2, 0.25) is 5.91 Å². The summed E-state index contributed by atoms with van der Waals surface area (Å²) < 4.78 is 36.4. The van der Waals surface area contributed by atoms with Gasteiger partial charge in [0.25, 0.3) is 0 Å². The molecule has 15 heteroatoms. The lowest BCUT2D eigenvalue weighted by Gasteiger charge is -2.30. The summed E-state index contributed by atoms with van der Waals surface area (Å²) >= 11 is 8.13. The van der Waals surface area contributed by atoms with Crippen LogP contribution in [0.2, 0.25) is 5.02 Å². The van der Waals surface area contributed by atoms with Gasteiger partial charge in [0.15, 0.2) is 0 Å². The number of benzene rings is 2. The SMILES string of the molecule is CS(=O)(=O)CCN(C[C@H](O)[C@@H](O)[C@H](O)[C@H](O)CO)C(=O)CCCSc1ccc(Cl)c(COC2(c3cnccc3-c3ccccc3OC3CC3)CC2)c1. The number of nitrogens with zero attached hydrogens (tertiary/aromatic N) is 2. The molecule has 0 unspecified atom stereocenters. The average molecular weight is 779 g/mol. The zero-order chi connectivity index (χ0) is 37.5. The van der Waals surface area contributed by atoms with Crippen LogP contribution >= 0.6 is 23.4 Å². The molecule has 1 aromatic heterocycles. The van der Waals surface area contributed by atoms with Crippen molar-refractivity contribution in [3.8, 4) is 16.9 Å². The Bertz CT molecular complexity index is 1770. The van der Waals surface area contributed by atoms with E-state index in [4.69, 9.17) is 26.2 Å². The van der Waals surface area contributed by atoms with Crippen LogP contribution in [0.1, 0.15) is 49.7 Å². The standard InChI is InChI=1S/C37H47ClN2O10S2/c1-52(47,48)18-16-40(21-31(42)35(45)36(46)32(43)22-41)34(44)7-4-17-51-26-10-11-30(38)24(19-26)23-49-37(13-14-37)29-20-39-15-12-27(29)28-5-2-3-6-33(28)50-25-8-9-25/h2-3,5-6,10-12,15,19-20,25,31-32,35-36,41-43,45-46H,4,7-9,13-14,16-18,21-23H2,1H3/t31-,32+,35+,36+/m0/s1. The number of sulfone groups is 1. The van der Waals surface area contributed by atoms with Gasteiger partial charge in [-0.05, 0) is 79.3 Å². The Morgan fingerprint density at radius 3 is 2.48 bits per heavy atom. The molecule has 3 aromatic rings. The molecule has 2 fully saturated rings. The summed E-state index contributed by atoms with van der Waals surface area (Å²) in [4.78, 5) is 19.6. The molecule has 5 rings (SSSR count). The van der Waals surface area contributed by atoms with Gasteiger partial charge in [-0.15, -0.1) is 11.8 Å². The van der Waals surface area contributed by atoms with Crippen molar-refractivity contribution in [3.63, 3.8) is 0 Å². The number of carbonyl (C=O) groups excluding carboxylic acids is 1. The first-order valence-corrected chi connectivity index (χ1v) is 20.8. The Labute approximate surface area is 313 Å². The van der Waals surface area contributed by atoms with E-state index in [0.717, 1.165) is 69.7 Å². The monoisotopic (exact) mass is 778 g/mol. The van der Waals surface area contributed by atoms with Crippen LogP contribution in [-0.4, -0.2) is 118 Å². The van der Waals surface area contributed by atoms with Gasteiger partial charge in [-0.2, -0.15) is 0 Å². The lowest BCUT2D eigenvalue weighted by atomic mass is 9.96. The number of rotatable bonds is 21. The minimum Gasteiger partial charge on any atom is -0.490 e. The number of ether oxygens (including phenoxy) is 2. The maximum Gasteiger partial charge on any atom is 0.222 e. The normalized spacial score (nSPS) is 17.6. The fourth-order valence-electron chi connectivity index (χ4n) is 5.78. The molecule has 52 heavy (non-hydrogen) atoms. The third-order valence-corrected chi connectivity index (χ3v) is 11.5. The van der Waals surface area contributed by atoms with Crippen molar-refractivity contribution in [1.82, 2.24) is 9.88 Å². The van der Waals surface area contributed by atoms with Gasteiger partial charge in [-0.3, -0.25) is 9.78 Å². The van der Waals surface area contributed by atoms with E-state index in [2.05, 4.69) is 11.1 Å². The summed E-state index contributed by atoms with van der Waals surface area (Å²) in [6, 6.07) is 15.7. The average Bonchev–Trinajstić information content (AvgIpc) is 4.08. The molecular weight excluding hydrogens is 732 g/mol. The van der Waals surface area contributed by atoms with E-state index < -0.39 is 58.9 Å². The third-order valence-electron chi connectivity index (χ3n) is 9.15. The summed E-state index contributed by atoms with van der Waals surface area (Å²) in [6.07, 6.45) is 2.10. The minimum atomic E-state index is -3.45. The first kappa shape index (κ1) is 40.4. The first-order valence-electron chi connectivity index (χ1n) is 17.3. The topological polar surface area (TPSA) is 187 Å². The van der Waals surface area contributed by atoms with Gasteiger partial charge in [0, 0.05) is 59.2 Å². The van der Waals surface area contributed by atoms with Crippen LogP contribution in [0.15, 0.2) is 65.8 Å². The van der Waals surface area contributed by atoms with Crippen molar-refractivity contribution in [2.75, 3.05) is 37.5 Å². The van der Waals surface area contributed by atoms with E-state index in [0.29, 0.717) is 17.2 Å². The summed E-state index contributed by atoms with van der Waals surface area (Å²) in [5, 5.41) is 49.8. The molecule has 0 spiro atoms. The third kappa shape index (κ3) is 11.1. The molecule has 2 aromatic carbocycles. The van der Waals surface area contributed by atoms with Crippen molar-refractivity contribution in [1.29, 1.82) is 0 Å². The number of aliphatic hydroxyl groups excluding tert-OH is 5. The van der Waals surface area contributed by atoms with Crippen LogP contribution < -0.4 is 4.74 Å². The van der Waals surface area contributed by atoms with Gasteiger partial charge < -0.3 is 39.9 Å². The lowest BCUT2D eigenvalue weighted by molar-refractivity contribution is -0.139. The number of halogens is 1. The number of aromatic nitrogens is 1. The predicted octanol–water partition coefficient (Wildman–Crippen LogP) is 3.33. The van der Waals surface area contributed by atoms with Crippen molar-refractivity contribution >= 4 is 39.1 Å². The zero-order valence-corrected chi connectivity index (χ0v) is 31.4. The lowest BCUT2D eigenvalue weighted by Crippen LogP contribution is -2.51. The van der Waals surface area contributed by atoms with Gasteiger partial charge in [0.1, 0.15) is 40.0 Å². The van der Waals surface area contributed by atoms with Crippen LogP contribution in [0.3, 0.4) is 0 Å². The zero-order valence-electron chi connectivity index (χ0n) is 29.0. The Balaban J connectivity index is 1.17. The molecule has 0 radical (unpaired) electrons. The Morgan fingerprint density at radius 2 is 1.79 bits per heavy atom. The first-order chi connectivity index (χ1) is 24.8. The highest BCUT2D eigenvalue weighted by molar-refractivity contribution is 7.99. The van der Waals surface area contributed by atoms with Crippen LogP contribution in [0.5, 0.6) is 5.75 Å². The van der Waals surface area contributed by atoms with Gasteiger partial charge in [-0.25, -0.2) is 8.42 Å². The van der Waals surface area contributed by atoms with Crippen molar-refractivity contribution in [2.45, 2.75) is 86.1 Å².